The number of carbonyl (C=O) groups excluding carboxylic acids is 1. The summed E-state index contributed by atoms with van der Waals surface area (Å²) in [5.74, 6) is -1.31. The molecule has 4 nitrogen and oxygen atoms in total. The minimum Gasteiger partial charge on any atom is -0.526 e. The van der Waals surface area contributed by atoms with Crippen molar-refractivity contribution >= 4 is 34.8 Å². The number of rotatable bonds is 2. The molecule has 0 fully saturated rings. The zero-order chi connectivity index (χ0) is 9.28. The van der Waals surface area contributed by atoms with Crippen molar-refractivity contribution in [3.8, 4) is 0 Å². The summed E-state index contributed by atoms with van der Waals surface area (Å²) >= 11 is 0. The fraction of sp³-hybridized carbons (Fsp3) is 0. The largest absolute Gasteiger partial charge is 0.526 e. The van der Waals surface area contributed by atoms with Crippen LogP contribution in [0, 0.1) is 0 Å². The van der Waals surface area contributed by atoms with Gasteiger partial charge in [0.15, 0.2) is 0 Å². The van der Waals surface area contributed by atoms with Crippen LogP contribution in [0.15, 0.2) is 25.3 Å². The summed E-state index contributed by atoms with van der Waals surface area (Å²) in [7, 11) is 0.462. The maximum absolute atomic E-state index is 9.88. The van der Waals surface area contributed by atoms with Crippen molar-refractivity contribution in [3.63, 3.8) is 0 Å². The van der Waals surface area contributed by atoms with Crippen LogP contribution in [0.4, 0.5) is 0 Å². The third-order valence-electron chi connectivity index (χ3n) is 0.542. The van der Waals surface area contributed by atoms with Crippen molar-refractivity contribution in [2.45, 2.75) is 0 Å². The van der Waals surface area contributed by atoms with E-state index in [9.17, 15) is 9.59 Å². The summed E-state index contributed by atoms with van der Waals surface area (Å²) in [5.41, 5.74) is 0. The number of hydrogen-bond acceptors (Lipinski definition) is 3. The maximum atomic E-state index is 9.88. The lowest BCUT2D eigenvalue weighted by atomic mass is 10.7. The van der Waals surface area contributed by atoms with E-state index in [0.717, 1.165) is 12.2 Å². The Morgan fingerprint density at radius 2 is 1.67 bits per heavy atom. The molecule has 0 radical (unpaired) electrons. The van der Waals surface area contributed by atoms with Crippen LogP contribution >= 0.6 is 12.4 Å². The molecule has 12 heavy (non-hydrogen) atoms. The quantitative estimate of drug-likeness (QED) is 0.501. The number of halogens is 1. The molecule has 0 atom stereocenters. The van der Waals surface area contributed by atoms with Gasteiger partial charge in [-0.2, -0.15) is 0 Å². The van der Waals surface area contributed by atoms with Gasteiger partial charge >= 0.3 is 11.9 Å². The van der Waals surface area contributed by atoms with Gasteiger partial charge in [-0.3, -0.25) is 0 Å². The normalized spacial score (nSPS) is 6.33. The Morgan fingerprint density at radius 3 is 1.67 bits per heavy atom. The van der Waals surface area contributed by atoms with E-state index in [-0.39, 0.29) is 18.4 Å². The summed E-state index contributed by atoms with van der Waals surface area (Å²) < 4.78 is 4.28. The van der Waals surface area contributed by atoms with Gasteiger partial charge in [0.2, 0.25) is 10.5 Å². The smallest absolute Gasteiger partial charge is 0.327 e. The lowest BCUT2D eigenvalue weighted by Gasteiger charge is -1.84. The summed E-state index contributed by atoms with van der Waals surface area (Å²) in [5, 5.41) is 7.60. The van der Waals surface area contributed by atoms with Crippen LogP contribution in [0.25, 0.3) is 0 Å². The molecule has 0 amide bonds. The standard InChI is InChI=1S/C3H6O2Si.C3H4O2.ClH/c1-2-3(4)5-6;1-2-3(4)5;/h2H,1H2,6H3;2H,1H2,(H,4,5);1H. The number of hydrogen-bond donors (Lipinski definition) is 1. The summed E-state index contributed by atoms with van der Waals surface area (Å²) in [6.07, 6.45) is 1.98. The number of carboxylic acid groups (broad SMARTS) is 1. The second kappa shape index (κ2) is 12.6. The molecule has 6 heteroatoms. The second-order valence-corrected chi connectivity index (χ2v) is 1.68. The molecule has 0 aliphatic carbocycles. The van der Waals surface area contributed by atoms with Crippen molar-refractivity contribution in [1.29, 1.82) is 0 Å². The predicted molar refractivity (Wildman–Crippen MR) is 51.3 cm³/mol. The van der Waals surface area contributed by atoms with Crippen LogP contribution in [0.5, 0.6) is 0 Å². The molecule has 0 saturated carbocycles. The van der Waals surface area contributed by atoms with Crippen molar-refractivity contribution in [2.24, 2.45) is 0 Å². The zero-order valence-electron chi connectivity index (χ0n) is 6.65. The molecule has 0 aromatic carbocycles. The van der Waals surface area contributed by atoms with Crippen LogP contribution in [0.1, 0.15) is 0 Å². The van der Waals surface area contributed by atoms with Crippen molar-refractivity contribution in [2.75, 3.05) is 0 Å². The first-order valence-electron chi connectivity index (χ1n) is 2.64. The topological polar surface area (TPSA) is 63.6 Å². The van der Waals surface area contributed by atoms with Gasteiger partial charge in [0.05, 0.1) is 0 Å². The first-order chi connectivity index (χ1) is 5.08. The average Bonchev–Trinajstić information content (AvgIpc) is 2.04. The molecule has 0 heterocycles. The zero-order valence-corrected chi connectivity index (χ0v) is 9.47. The molecule has 0 aliphatic heterocycles. The monoisotopic (exact) mass is 210 g/mol. The predicted octanol–water partition coefficient (Wildman–Crippen LogP) is -0.325. The lowest BCUT2D eigenvalue weighted by molar-refractivity contribution is -0.131. The Labute approximate surface area is 79.9 Å². The highest BCUT2D eigenvalue weighted by Gasteiger charge is 1.81. The van der Waals surface area contributed by atoms with Gasteiger partial charge in [-0.05, 0) is 0 Å². The van der Waals surface area contributed by atoms with Gasteiger partial charge in [-0.1, -0.05) is 13.2 Å². The Balaban J connectivity index is -0.000000126. The van der Waals surface area contributed by atoms with Gasteiger partial charge in [0.1, 0.15) is 0 Å². The highest BCUT2D eigenvalue weighted by molar-refractivity contribution is 6.07. The molecule has 0 spiro atoms. The van der Waals surface area contributed by atoms with E-state index in [1.165, 1.54) is 0 Å². The fourth-order valence-corrected chi connectivity index (χ4v) is 0.250. The first kappa shape index (κ1) is 17.1. The van der Waals surface area contributed by atoms with E-state index in [1.54, 1.807) is 0 Å². The Hall–Kier alpha value is -1.07. The molecule has 0 saturated heterocycles. The van der Waals surface area contributed by atoms with Gasteiger partial charge in [-0.15, -0.1) is 12.4 Å². The third-order valence-corrected chi connectivity index (χ3v) is 0.945. The molecular formula is C6H11ClO4Si. The minimum atomic E-state index is -0.981. The van der Waals surface area contributed by atoms with Gasteiger partial charge in [0.25, 0.3) is 0 Å². The van der Waals surface area contributed by atoms with E-state index in [2.05, 4.69) is 17.6 Å². The molecular weight excluding hydrogens is 200 g/mol. The molecule has 0 bridgehead atoms. The van der Waals surface area contributed by atoms with Gasteiger partial charge in [0, 0.05) is 12.2 Å². The number of aliphatic carboxylic acids is 1. The summed E-state index contributed by atoms with van der Waals surface area (Å²) in [6.45, 7) is 6.14. The van der Waals surface area contributed by atoms with Crippen LogP contribution in [0.3, 0.4) is 0 Å². The summed E-state index contributed by atoms with van der Waals surface area (Å²) in [4.78, 5) is 19.1. The molecule has 1 N–H and O–H groups in total. The molecule has 0 aromatic heterocycles. The highest BCUT2D eigenvalue weighted by Crippen LogP contribution is 1.66. The first-order valence-corrected chi connectivity index (χ1v) is 3.45. The lowest BCUT2D eigenvalue weighted by Crippen LogP contribution is -1.93. The molecule has 0 aliphatic rings. The molecule has 0 rings (SSSR count). The molecule has 70 valence electrons. The van der Waals surface area contributed by atoms with Gasteiger partial charge < -0.3 is 9.53 Å². The van der Waals surface area contributed by atoms with E-state index >= 15 is 0 Å². The van der Waals surface area contributed by atoms with Crippen LogP contribution < -0.4 is 0 Å². The maximum Gasteiger partial charge on any atom is 0.327 e. The summed E-state index contributed by atoms with van der Waals surface area (Å²) in [6, 6.07) is 0. The van der Waals surface area contributed by atoms with Crippen LogP contribution in [-0.4, -0.2) is 27.5 Å². The number of carbonyl (C=O) groups is 2. The SMILES string of the molecule is C=CC(=O)O.C=CC(=O)O[SiH3].Cl. The highest BCUT2D eigenvalue weighted by atomic mass is 35.5. The van der Waals surface area contributed by atoms with E-state index < -0.39 is 5.97 Å². The van der Waals surface area contributed by atoms with Crippen LogP contribution in [0.2, 0.25) is 0 Å². The Bertz CT molecular complexity index is 169. The average molecular weight is 211 g/mol. The van der Waals surface area contributed by atoms with Gasteiger partial charge in [-0.25, -0.2) is 9.59 Å². The number of carboxylic acids is 1. The van der Waals surface area contributed by atoms with E-state index in [1.807, 2.05) is 0 Å². The Kier molecular flexibility index (Phi) is 18.0. The molecule has 0 aromatic rings. The van der Waals surface area contributed by atoms with Crippen LogP contribution in [-0.2, 0) is 14.0 Å². The van der Waals surface area contributed by atoms with Crippen molar-refractivity contribution in [1.82, 2.24) is 0 Å². The third kappa shape index (κ3) is 23.1. The minimum absolute atomic E-state index is 0. The molecule has 0 unspecified atom stereocenters. The Morgan fingerprint density at radius 1 is 1.33 bits per heavy atom. The fourth-order valence-electron chi connectivity index (χ4n) is 0.0833. The second-order valence-electron chi connectivity index (χ2n) is 1.27. The van der Waals surface area contributed by atoms with Crippen molar-refractivity contribution < 1.29 is 19.1 Å². The van der Waals surface area contributed by atoms with E-state index in [0.29, 0.717) is 10.5 Å². The van der Waals surface area contributed by atoms with Crippen molar-refractivity contribution in [3.05, 3.63) is 25.3 Å². The van der Waals surface area contributed by atoms with E-state index in [4.69, 9.17) is 5.11 Å².